The Balaban J connectivity index is 1.45. The number of anilines is 1. The van der Waals surface area contributed by atoms with Gasteiger partial charge >= 0.3 is 0 Å². The molecule has 186 valence electrons. The fourth-order valence-electron chi connectivity index (χ4n) is 4.43. The van der Waals surface area contributed by atoms with E-state index in [1.807, 2.05) is 81.6 Å². The van der Waals surface area contributed by atoms with Gasteiger partial charge in [-0.25, -0.2) is 0 Å². The number of aromatic nitrogens is 1. The van der Waals surface area contributed by atoms with Gasteiger partial charge in [-0.15, -0.1) is 0 Å². The summed E-state index contributed by atoms with van der Waals surface area (Å²) < 4.78 is 8.16. The maximum Gasteiger partial charge on any atom is 0.270 e. The van der Waals surface area contributed by atoms with Crippen molar-refractivity contribution in [2.24, 2.45) is 0 Å². The molecule has 1 N–H and O–H groups in total. The third-order valence-electron chi connectivity index (χ3n) is 6.45. The van der Waals surface area contributed by atoms with Crippen LogP contribution in [-0.4, -0.2) is 28.1 Å². The Bertz CT molecular complexity index is 1570. The molecule has 1 aliphatic rings. The van der Waals surface area contributed by atoms with E-state index in [1.165, 1.54) is 4.90 Å². The van der Waals surface area contributed by atoms with Crippen molar-refractivity contribution in [1.29, 1.82) is 0 Å². The van der Waals surface area contributed by atoms with Gasteiger partial charge in [-0.2, -0.15) is 0 Å². The molecule has 2 amide bonds. The lowest BCUT2D eigenvalue weighted by Gasteiger charge is -2.29. The number of nitrogens with zero attached hydrogens (tertiary/aromatic N) is 2. The SMILES string of the molecule is Cc1ccc(N2C(=O)C(=Cc3cn(CCOc4cc(C)ccc4C)c4ccccc34)C(=O)NC2=S)cc1. The van der Waals surface area contributed by atoms with Crippen molar-refractivity contribution in [3.63, 3.8) is 0 Å². The molecule has 0 saturated carbocycles. The maximum atomic E-state index is 13.4. The molecular weight excluding hydrogens is 482 g/mol. The Morgan fingerprint density at radius 2 is 1.68 bits per heavy atom. The molecule has 7 heteroatoms. The van der Waals surface area contributed by atoms with Crippen LogP contribution in [0.15, 0.2) is 78.5 Å². The largest absolute Gasteiger partial charge is 0.491 e. The van der Waals surface area contributed by atoms with Crippen molar-refractivity contribution in [2.45, 2.75) is 27.3 Å². The molecule has 0 unspecified atom stereocenters. The molecule has 2 heterocycles. The minimum absolute atomic E-state index is 0.0312. The van der Waals surface area contributed by atoms with Crippen LogP contribution in [-0.2, 0) is 16.1 Å². The Labute approximate surface area is 221 Å². The zero-order chi connectivity index (χ0) is 26.1. The van der Waals surface area contributed by atoms with E-state index < -0.39 is 11.8 Å². The molecule has 1 fully saturated rings. The van der Waals surface area contributed by atoms with Gasteiger partial charge in [0.25, 0.3) is 11.8 Å². The Morgan fingerprint density at radius 1 is 0.946 bits per heavy atom. The predicted octanol–water partition coefficient (Wildman–Crippen LogP) is 5.48. The monoisotopic (exact) mass is 509 g/mol. The van der Waals surface area contributed by atoms with Crippen LogP contribution in [0.25, 0.3) is 17.0 Å². The number of aryl methyl sites for hydroxylation is 3. The van der Waals surface area contributed by atoms with Crippen molar-refractivity contribution in [3.05, 3.63) is 101 Å². The average Bonchev–Trinajstić information content (AvgIpc) is 3.22. The Kier molecular flexibility index (Phi) is 6.63. The number of hydrogen-bond donors (Lipinski definition) is 1. The van der Waals surface area contributed by atoms with Crippen molar-refractivity contribution >= 4 is 51.8 Å². The summed E-state index contributed by atoms with van der Waals surface area (Å²) in [7, 11) is 0. The molecular formula is C30H27N3O3S. The second-order valence-corrected chi connectivity index (χ2v) is 9.59. The molecule has 3 aromatic carbocycles. The highest BCUT2D eigenvalue weighted by Crippen LogP contribution is 2.27. The Morgan fingerprint density at radius 3 is 2.46 bits per heavy atom. The molecule has 0 spiro atoms. The molecule has 1 aliphatic heterocycles. The van der Waals surface area contributed by atoms with Gasteiger partial charge in [-0.1, -0.05) is 48.0 Å². The van der Waals surface area contributed by atoms with E-state index in [2.05, 4.69) is 22.0 Å². The summed E-state index contributed by atoms with van der Waals surface area (Å²) in [5.74, 6) is -0.0865. The van der Waals surface area contributed by atoms with Crippen LogP contribution in [0.5, 0.6) is 5.75 Å². The zero-order valence-corrected chi connectivity index (χ0v) is 21.8. The van der Waals surface area contributed by atoms with Gasteiger partial charge < -0.3 is 9.30 Å². The number of hydrogen-bond acceptors (Lipinski definition) is 4. The first-order chi connectivity index (χ1) is 17.8. The van der Waals surface area contributed by atoms with Crippen molar-refractivity contribution in [1.82, 2.24) is 9.88 Å². The highest BCUT2D eigenvalue weighted by Gasteiger charge is 2.34. The Hall–Kier alpha value is -4.23. The van der Waals surface area contributed by atoms with Crippen LogP contribution in [0, 0.1) is 20.8 Å². The zero-order valence-electron chi connectivity index (χ0n) is 20.9. The number of thiocarbonyl (C=S) groups is 1. The third-order valence-corrected chi connectivity index (χ3v) is 6.73. The molecule has 0 atom stereocenters. The predicted molar refractivity (Wildman–Crippen MR) is 151 cm³/mol. The molecule has 37 heavy (non-hydrogen) atoms. The summed E-state index contributed by atoms with van der Waals surface area (Å²) in [5.41, 5.74) is 5.71. The first-order valence-electron chi connectivity index (χ1n) is 12.1. The number of para-hydroxylation sites is 1. The summed E-state index contributed by atoms with van der Waals surface area (Å²) in [4.78, 5) is 27.7. The summed E-state index contributed by atoms with van der Waals surface area (Å²) in [6.45, 7) is 7.13. The highest BCUT2D eigenvalue weighted by atomic mass is 32.1. The number of benzene rings is 3. The highest BCUT2D eigenvalue weighted by molar-refractivity contribution is 7.80. The number of amides is 2. The first-order valence-corrected chi connectivity index (χ1v) is 12.5. The lowest BCUT2D eigenvalue weighted by Crippen LogP contribution is -2.54. The average molecular weight is 510 g/mol. The summed E-state index contributed by atoms with van der Waals surface area (Å²) >= 11 is 5.33. The normalized spacial score (nSPS) is 14.9. The third kappa shape index (κ3) is 4.90. The van der Waals surface area contributed by atoms with E-state index in [-0.39, 0.29) is 10.7 Å². The standard InChI is InChI=1S/C30H27N3O3S/c1-19-9-12-23(13-10-19)33-29(35)25(28(34)31-30(33)37)17-22-18-32(26-7-5-4-6-24(22)26)14-15-36-27-16-20(2)8-11-21(27)3/h4-13,16-18H,14-15H2,1-3H3,(H,31,34,37). The summed E-state index contributed by atoms with van der Waals surface area (Å²) in [6.07, 6.45) is 3.60. The van der Waals surface area contributed by atoms with E-state index >= 15 is 0 Å². The molecule has 0 aliphatic carbocycles. The fraction of sp³-hybridized carbons (Fsp3) is 0.167. The van der Waals surface area contributed by atoms with E-state index in [0.29, 0.717) is 18.8 Å². The van der Waals surface area contributed by atoms with Gasteiger partial charge in [-0.05, 0) is 74.5 Å². The van der Waals surface area contributed by atoms with Gasteiger partial charge in [0.15, 0.2) is 5.11 Å². The second-order valence-electron chi connectivity index (χ2n) is 9.21. The number of fused-ring (bicyclic) bond motifs is 1. The minimum Gasteiger partial charge on any atom is -0.491 e. The number of rotatable bonds is 6. The second kappa shape index (κ2) is 10.0. The van der Waals surface area contributed by atoms with Gasteiger partial charge in [0.2, 0.25) is 0 Å². The molecule has 1 saturated heterocycles. The minimum atomic E-state index is -0.506. The molecule has 4 aromatic rings. The molecule has 0 radical (unpaired) electrons. The van der Waals surface area contributed by atoms with Crippen LogP contribution in [0.2, 0.25) is 0 Å². The van der Waals surface area contributed by atoms with Gasteiger partial charge in [0.05, 0.1) is 12.2 Å². The quantitative estimate of drug-likeness (QED) is 0.213. The number of carbonyl (C=O) groups is 2. The smallest absolute Gasteiger partial charge is 0.270 e. The summed E-state index contributed by atoms with van der Waals surface area (Å²) in [6, 6.07) is 21.5. The molecule has 0 bridgehead atoms. The maximum absolute atomic E-state index is 13.4. The van der Waals surface area contributed by atoms with Gasteiger partial charge in [0, 0.05) is 22.7 Å². The number of ether oxygens (including phenoxy) is 1. The van der Waals surface area contributed by atoms with Crippen molar-refractivity contribution in [2.75, 3.05) is 11.5 Å². The lowest BCUT2D eigenvalue weighted by molar-refractivity contribution is -0.122. The molecule has 5 rings (SSSR count). The van der Waals surface area contributed by atoms with Crippen LogP contribution >= 0.6 is 12.2 Å². The van der Waals surface area contributed by atoms with E-state index in [0.717, 1.165) is 38.9 Å². The topological polar surface area (TPSA) is 63.6 Å². The van der Waals surface area contributed by atoms with Crippen molar-refractivity contribution < 1.29 is 14.3 Å². The van der Waals surface area contributed by atoms with E-state index in [4.69, 9.17) is 17.0 Å². The summed E-state index contributed by atoms with van der Waals surface area (Å²) in [5, 5.41) is 3.68. The molecule has 1 aromatic heterocycles. The molecule has 6 nitrogen and oxygen atoms in total. The fourth-order valence-corrected chi connectivity index (χ4v) is 4.71. The van der Waals surface area contributed by atoms with Crippen LogP contribution in [0.4, 0.5) is 5.69 Å². The van der Waals surface area contributed by atoms with Crippen molar-refractivity contribution in [3.8, 4) is 5.75 Å². The number of nitrogens with one attached hydrogen (secondary N) is 1. The number of carbonyl (C=O) groups excluding carboxylic acids is 2. The van der Waals surface area contributed by atoms with Crippen LogP contribution < -0.4 is 15.0 Å². The van der Waals surface area contributed by atoms with Gasteiger partial charge in [0.1, 0.15) is 17.9 Å². The van der Waals surface area contributed by atoms with Crippen LogP contribution in [0.1, 0.15) is 22.3 Å². The van der Waals surface area contributed by atoms with E-state index in [1.54, 1.807) is 6.08 Å². The van der Waals surface area contributed by atoms with Crippen LogP contribution in [0.3, 0.4) is 0 Å². The van der Waals surface area contributed by atoms with E-state index in [9.17, 15) is 9.59 Å². The lowest BCUT2D eigenvalue weighted by atomic mass is 10.1. The first kappa shape index (κ1) is 24.5. The van der Waals surface area contributed by atoms with Gasteiger partial charge in [-0.3, -0.25) is 19.8 Å².